The lowest BCUT2D eigenvalue weighted by atomic mass is 9.98. The number of carbonyl (C=O) groups is 2. The topological polar surface area (TPSA) is 231 Å². The third kappa shape index (κ3) is 31.8. The minimum atomic E-state index is -1.77. The van der Waals surface area contributed by atoms with E-state index >= 15 is 0 Å². The molecule has 2 aliphatic heterocycles. The molecule has 0 bridgehead atoms. The van der Waals surface area contributed by atoms with E-state index in [1.165, 1.54) is 64.2 Å². The van der Waals surface area contributed by atoms with Crippen LogP contribution in [0.25, 0.3) is 0 Å². The van der Waals surface area contributed by atoms with Crippen LogP contribution in [0, 0.1) is 0 Å². The van der Waals surface area contributed by atoms with Crippen LogP contribution in [-0.4, -0.2) is 142 Å². The molecule has 7 N–H and O–H groups in total. The van der Waals surface area contributed by atoms with Crippen LogP contribution in [-0.2, 0) is 38.0 Å². The van der Waals surface area contributed by atoms with E-state index in [0.717, 1.165) is 96.3 Å². The predicted molar refractivity (Wildman–Crippen MR) is 284 cm³/mol. The Kier molecular flexibility index (Phi) is 40.3. The van der Waals surface area contributed by atoms with Gasteiger partial charge in [-0.25, -0.2) is 0 Å². The summed E-state index contributed by atoms with van der Waals surface area (Å²) < 4.78 is 33.7. The van der Waals surface area contributed by atoms with E-state index < -0.39 is 92.7 Å². The summed E-state index contributed by atoms with van der Waals surface area (Å²) in [6, 6.07) is 0. The average Bonchev–Trinajstić information content (AvgIpc) is 3.38. The van der Waals surface area contributed by atoms with Crippen molar-refractivity contribution >= 4 is 11.9 Å². The van der Waals surface area contributed by atoms with E-state index in [1.807, 2.05) is 0 Å². The molecule has 0 aromatic heterocycles. The number of hydrogen-bond donors (Lipinski definition) is 7. The number of aliphatic hydroxyl groups excluding tert-OH is 7. The normalized spacial score (nSPS) is 25.3. The van der Waals surface area contributed by atoms with Gasteiger partial charge in [-0.3, -0.25) is 9.59 Å². The molecule has 0 aromatic rings. The fourth-order valence-corrected chi connectivity index (χ4v) is 8.61. The van der Waals surface area contributed by atoms with E-state index in [-0.39, 0.29) is 26.1 Å². The summed E-state index contributed by atoms with van der Waals surface area (Å²) in [4.78, 5) is 25.9. The van der Waals surface area contributed by atoms with Crippen LogP contribution in [0.3, 0.4) is 0 Å². The van der Waals surface area contributed by atoms with Crippen molar-refractivity contribution in [1.82, 2.24) is 0 Å². The molecule has 15 nitrogen and oxygen atoms in total. The highest BCUT2D eigenvalue weighted by atomic mass is 16.7. The minimum absolute atomic E-state index is 0.156. The molecule has 2 aliphatic rings. The molecular weight excluding hydrogens is 937 g/mol. The summed E-state index contributed by atoms with van der Waals surface area (Å²) in [5.41, 5.74) is 0. The maximum atomic E-state index is 13.1. The SMILES string of the molecule is CC/C=C\C/C=C\C/C=C\C/C=C\CCCCCCCCCCCCC(=O)OC(COC(=O)CCCCCCC/C=C\CCCCCCC)COC1OC(COC2OC(CO)C(O)C(O)C2O)C(O)C(O)C1O. The third-order valence-electron chi connectivity index (χ3n) is 13.2. The smallest absolute Gasteiger partial charge is 0.306 e. The van der Waals surface area contributed by atoms with Crippen molar-refractivity contribution in [2.24, 2.45) is 0 Å². The molecule has 2 fully saturated rings. The summed E-state index contributed by atoms with van der Waals surface area (Å²) in [5.74, 6) is -0.939. The highest BCUT2D eigenvalue weighted by Crippen LogP contribution is 2.26. The summed E-state index contributed by atoms with van der Waals surface area (Å²) >= 11 is 0. The Morgan fingerprint density at radius 2 is 0.863 bits per heavy atom. The van der Waals surface area contributed by atoms with Crippen LogP contribution >= 0.6 is 0 Å². The van der Waals surface area contributed by atoms with E-state index in [9.17, 15) is 45.3 Å². The average molecular weight is 1040 g/mol. The Morgan fingerprint density at radius 1 is 0.452 bits per heavy atom. The van der Waals surface area contributed by atoms with Gasteiger partial charge in [-0.1, -0.05) is 171 Å². The number of unbranched alkanes of at least 4 members (excludes halogenated alkanes) is 20. The lowest BCUT2D eigenvalue weighted by molar-refractivity contribution is -0.332. The lowest BCUT2D eigenvalue weighted by Crippen LogP contribution is -2.61. The van der Waals surface area contributed by atoms with Crippen molar-refractivity contribution in [3.8, 4) is 0 Å². The molecule has 15 heteroatoms. The van der Waals surface area contributed by atoms with Crippen LogP contribution in [0.4, 0.5) is 0 Å². The second-order valence-corrected chi connectivity index (χ2v) is 19.7. The molecule has 73 heavy (non-hydrogen) atoms. The number of allylic oxidation sites excluding steroid dienone is 10. The highest BCUT2D eigenvalue weighted by molar-refractivity contribution is 5.70. The van der Waals surface area contributed by atoms with Crippen molar-refractivity contribution in [2.45, 2.75) is 268 Å². The molecule has 422 valence electrons. The van der Waals surface area contributed by atoms with Crippen molar-refractivity contribution < 1.29 is 73.8 Å². The Bertz CT molecular complexity index is 1500. The third-order valence-corrected chi connectivity index (χ3v) is 13.2. The Labute approximate surface area is 439 Å². The molecule has 11 atom stereocenters. The second kappa shape index (κ2) is 44.3. The number of hydrogen-bond acceptors (Lipinski definition) is 15. The standard InChI is InChI=1S/C58H100O15/c1-3-5-7-9-11-13-15-17-19-20-21-22-23-24-25-26-27-29-31-33-35-37-39-41-50(61)71-46(43-68-49(60)40-38-36-34-32-30-28-18-16-14-12-10-8-6-4-2)44-69-57-56(67)54(65)52(63)48(73-57)45-70-58-55(66)53(64)51(62)47(42-59)72-58/h5,7,11,13,16-19,21-22,46-48,51-59,62-67H,3-4,6,8-10,12,14-15,20,23-45H2,1-2H3/b7-5-,13-11-,18-16-,19-17-,22-21-. The minimum Gasteiger partial charge on any atom is -0.462 e. The number of aliphatic hydroxyl groups is 7. The fourth-order valence-electron chi connectivity index (χ4n) is 8.61. The molecule has 0 radical (unpaired) electrons. The molecule has 2 saturated heterocycles. The monoisotopic (exact) mass is 1040 g/mol. The summed E-state index contributed by atoms with van der Waals surface area (Å²) in [6.07, 6.45) is 35.2. The van der Waals surface area contributed by atoms with Crippen molar-refractivity contribution in [1.29, 1.82) is 0 Å². The number of carbonyl (C=O) groups excluding carboxylic acids is 2. The quantitative estimate of drug-likeness (QED) is 0.0171. The van der Waals surface area contributed by atoms with Gasteiger partial charge in [-0.15, -0.1) is 0 Å². The largest absolute Gasteiger partial charge is 0.462 e. The fraction of sp³-hybridized carbons (Fsp3) is 0.793. The first-order valence-corrected chi connectivity index (χ1v) is 28.4. The van der Waals surface area contributed by atoms with Gasteiger partial charge in [0.2, 0.25) is 0 Å². The number of ether oxygens (including phenoxy) is 6. The van der Waals surface area contributed by atoms with E-state index in [2.05, 4.69) is 74.6 Å². The van der Waals surface area contributed by atoms with Gasteiger partial charge in [-0.05, 0) is 77.0 Å². The summed E-state index contributed by atoms with van der Waals surface area (Å²) in [6.45, 7) is 2.47. The molecule has 2 heterocycles. The Balaban J connectivity index is 1.75. The number of rotatable bonds is 44. The first kappa shape index (κ1) is 66.3. The van der Waals surface area contributed by atoms with E-state index in [0.29, 0.717) is 12.8 Å². The van der Waals surface area contributed by atoms with E-state index in [1.54, 1.807) is 0 Å². The van der Waals surface area contributed by atoms with Crippen molar-refractivity contribution in [2.75, 3.05) is 26.4 Å². The van der Waals surface area contributed by atoms with Gasteiger partial charge in [-0.2, -0.15) is 0 Å². The highest BCUT2D eigenvalue weighted by Gasteiger charge is 2.47. The van der Waals surface area contributed by atoms with Gasteiger partial charge < -0.3 is 64.2 Å². The molecular formula is C58H100O15. The molecule has 0 saturated carbocycles. The van der Waals surface area contributed by atoms with E-state index in [4.69, 9.17) is 28.4 Å². The van der Waals surface area contributed by atoms with Crippen LogP contribution in [0.15, 0.2) is 60.8 Å². The molecule has 11 unspecified atom stereocenters. The Hall–Kier alpha value is -2.80. The van der Waals surface area contributed by atoms with Gasteiger partial charge in [0.1, 0.15) is 55.4 Å². The zero-order chi connectivity index (χ0) is 53.2. The molecule has 0 aromatic carbocycles. The first-order valence-electron chi connectivity index (χ1n) is 28.4. The molecule has 0 amide bonds. The van der Waals surface area contributed by atoms with Crippen LogP contribution in [0.2, 0.25) is 0 Å². The number of esters is 2. The summed E-state index contributed by atoms with van der Waals surface area (Å²) in [5, 5.41) is 72.2. The molecule has 0 aliphatic carbocycles. The van der Waals surface area contributed by atoms with Gasteiger partial charge in [0.25, 0.3) is 0 Å². The van der Waals surface area contributed by atoms with Gasteiger partial charge in [0.05, 0.1) is 19.8 Å². The first-order chi connectivity index (χ1) is 35.5. The van der Waals surface area contributed by atoms with Crippen molar-refractivity contribution in [3.05, 3.63) is 60.8 Å². The van der Waals surface area contributed by atoms with Crippen LogP contribution < -0.4 is 0 Å². The van der Waals surface area contributed by atoms with Crippen LogP contribution in [0.5, 0.6) is 0 Å². The van der Waals surface area contributed by atoms with Gasteiger partial charge in [0, 0.05) is 12.8 Å². The molecule has 2 rings (SSSR count). The maximum Gasteiger partial charge on any atom is 0.306 e. The lowest BCUT2D eigenvalue weighted by Gasteiger charge is -2.42. The Morgan fingerprint density at radius 3 is 1.37 bits per heavy atom. The zero-order valence-electron chi connectivity index (χ0n) is 44.9. The van der Waals surface area contributed by atoms with Crippen molar-refractivity contribution in [3.63, 3.8) is 0 Å². The maximum absolute atomic E-state index is 13.1. The summed E-state index contributed by atoms with van der Waals surface area (Å²) in [7, 11) is 0. The van der Waals surface area contributed by atoms with Gasteiger partial charge >= 0.3 is 11.9 Å². The second-order valence-electron chi connectivity index (χ2n) is 19.7. The van der Waals surface area contributed by atoms with Crippen LogP contribution in [0.1, 0.15) is 200 Å². The van der Waals surface area contributed by atoms with Gasteiger partial charge in [0.15, 0.2) is 18.7 Å². The molecule has 0 spiro atoms. The predicted octanol–water partition coefficient (Wildman–Crippen LogP) is 9.22. The zero-order valence-corrected chi connectivity index (χ0v) is 44.9.